The predicted molar refractivity (Wildman–Crippen MR) is 159 cm³/mol. The topological polar surface area (TPSA) is 120 Å². The molecule has 0 amide bonds. The number of furan rings is 1. The molecule has 0 saturated carbocycles. The van der Waals surface area contributed by atoms with E-state index >= 15 is 0 Å². The lowest BCUT2D eigenvalue weighted by molar-refractivity contribution is -0.139. The quantitative estimate of drug-likeness (QED) is 0.211. The molecule has 9 nitrogen and oxygen atoms in total. The van der Waals surface area contributed by atoms with Gasteiger partial charge in [0.1, 0.15) is 23.9 Å². The molecule has 1 aliphatic rings. The van der Waals surface area contributed by atoms with E-state index in [4.69, 9.17) is 25.5 Å². The monoisotopic (exact) mass is 604 g/mol. The Hall–Kier alpha value is -4.67. The van der Waals surface area contributed by atoms with Crippen molar-refractivity contribution in [3.05, 3.63) is 120 Å². The van der Waals surface area contributed by atoms with Gasteiger partial charge in [-0.05, 0) is 61.9 Å². The number of halogens is 1. The second-order valence-corrected chi connectivity index (χ2v) is 10.6. The number of hydrogen-bond acceptors (Lipinski definition) is 8. The molecule has 5 rings (SSSR count). The van der Waals surface area contributed by atoms with Gasteiger partial charge in [0.25, 0.3) is 5.56 Å². The molecule has 42 heavy (non-hydrogen) atoms. The second-order valence-electron chi connectivity index (χ2n) is 9.17. The van der Waals surface area contributed by atoms with E-state index in [1.165, 1.54) is 22.8 Å². The molecular weight excluding hydrogens is 580 g/mol. The fraction of sp³-hybridized carbons (Fsp3) is 0.161. The van der Waals surface area contributed by atoms with Gasteiger partial charge in [-0.3, -0.25) is 9.36 Å². The number of thiazole rings is 1. The molecule has 0 fully saturated rings. The zero-order valence-corrected chi connectivity index (χ0v) is 24.2. The first-order valence-corrected chi connectivity index (χ1v) is 14.1. The molecule has 0 bridgehead atoms. The number of hydrogen-bond donors (Lipinski definition) is 1. The molecule has 0 unspecified atom stereocenters. The van der Waals surface area contributed by atoms with Crippen molar-refractivity contribution >= 4 is 41.0 Å². The van der Waals surface area contributed by atoms with E-state index < -0.39 is 18.0 Å². The summed E-state index contributed by atoms with van der Waals surface area (Å²) >= 11 is 7.46. The molecule has 1 atom stereocenters. The van der Waals surface area contributed by atoms with Gasteiger partial charge < -0.3 is 19.0 Å². The lowest BCUT2D eigenvalue weighted by Crippen LogP contribution is -2.39. The van der Waals surface area contributed by atoms with Crippen LogP contribution in [0.3, 0.4) is 0 Å². The summed E-state index contributed by atoms with van der Waals surface area (Å²) in [5, 5.41) is 9.67. The summed E-state index contributed by atoms with van der Waals surface area (Å²) in [7, 11) is 0. The van der Waals surface area contributed by atoms with Gasteiger partial charge in [-0.1, -0.05) is 47.7 Å². The Morgan fingerprint density at radius 2 is 1.95 bits per heavy atom. The molecule has 0 aliphatic carbocycles. The highest BCUT2D eigenvalue weighted by Crippen LogP contribution is 2.32. The van der Waals surface area contributed by atoms with Crippen LogP contribution in [0.25, 0.3) is 17.4 Å². The van der Waals surface area contributed by atoms with E-state index in [0.717, 1.165) is 11.3 Å². The number of fused-ring (bicyclic) bond motifs is 1. The van der Waals surface area contributed by atoms with Crippen molar-refractivity contribution in [3.8, 4) is 17.1 Å². The van der Waals surface area contributed by atoms with Crippen molar-refractivity contribution in [2.45, 2.75) is 19.9 Å². The van der Waals surface area contributed by atoms with Gasteiger partial charge in [0.2, 0.25) is 0 Å². The standard InChI is InChI=1S/C31H25ClN2O7S/c1-4-14-40-20-9-6-18(7-10-20)27-26(30(38)39-5-2)17(3)33-31-34(27)28(35)25(42-31)16-21-11-13-24(41-21)22-15-19(29(36)37)8-12-23(22)32/h4,6-13,15-16,27H,1,5,14H2,2-3H3,(H,36,37)/t27-/m0/s1. The molecular formula is C31H25ClN2O7S. The average molecular weight is 605 g/mol. The zero-order chi connectivity index (χ0) is 30.0. The van der Waals surface area contributed by atoms with E-state index in [0.29, 0.717) is 55.1 Å². The lowest BCUT2D eigenvalue weighted by Gasteiger charge is -2.24. The van der Waals surface area contributed by atoms with Crippen LogP contribution in [0.15, 0.2) is 92.7 Å². The van der Waals surface area contributed by atoms with Gasteiger partial charge in [0.15, 0.2) is 4.80 Å². The van der Waals surface area contributed by atoms with Crippen LogP contribution in [0, 0.1) is 0 Å². The minimum atomic E-state index is -1.09. The Bertz CT molecular complexity index is 1920. The molecule has 11 heteroatoms. The molecule has 1 N–H and O–H groups in total. The lowest BCUT2D eigenvalue weighted by atomic mass is 9.96. The summed E-state index contributed by atoms with van der Waals surface area (Å²) in [4.78, 5) is 43.3. The summed E-state index contributed by atoms with van der Waals surface area (Å²) in [6.07, 6.45) is 3.22. The smallest absolute Gasteiger partial charge is 0.338 e. The van der Waals surface area contributed by atoms with Crippen molar-refractivity contribution in [2.75, 3.05) is 13.2 Å². The maximum atomic E-state index is 13.8. The number of carbonyl (C=O) groups is 2. The van der Waals surface area contributed by atoms with Crippen molar-refractivity contribution in [1.29, 1.82) is 0 Å². The predicted octanol–water partition coefficient (Wildman–Crippen LogP) is 4.97. The number of allylic oxidation sites excluding steroid dienone is 1. The number of esters is 1. The number of carboxylic acids is 1. The fourth-order valence-corrected chi connectivity index (χ4v) is 5.80. The summed E-state index contributed by atoms with van der Waals surface area (Å²) in [5.41, 5.74) is 1.50. The highest BCUT2D eigenvalue weighted by molar-refractivity contribution is 7.07. The number of aromatic carboxylic acids is 1. The van der Waals surface area contributed by atoms with Crippen molar-refractivity contribution in [2.24, 2.45) is 4.99 Å². The highest BCUT2D eigenvalue weighted by Gasteiger charge is 2.33. The molecule has 1 aliphatic heterocycles. The second kappa shape index (κ2) is 12.1. The Morgan fingerprint density at radius 3 is 2.64 bits per heavy atom. The maximum Gasteiger partial charge on any atom is 0.338 e. The van der Waals surface area contributed by atoms with Crippen molar-refractivity contribution in [3.63, 3.8) is 0 Å². The van der Waals surface area contributed by atoms with Crippen LogP contribution in [0.5, 0.6) is 5.75 Å². The maximum absolute atomic E-state index is 13.8. The summed E-state index contributed by atoms with van der Waals surface area (Å²) < 4.78 is 18.7. The molecule has 0 spiro atoms. The minimum absolute atomic E-state index is 0.0636. The van der Waals surface area contributed by atoms with E-state index in [9.17, 15) is 19.5 Å². The Labute approximate surface area is 248 Å². The number of nitrogens with zero attached hydrogens (tertiary/aromatic N) is 2. The van der Waals surface area contributed by atoms with Crippen LogP contribution < -0.4 is 19.6 Å². The van der Waals surface area contributed by atoms with Gasteiger partial charge in [-0.25, -0.2) is 14.6 Å². The van der Waals surface area contributed by atoms with Gasteiger partial charge >= 0.3 is 11.9 Å². The summed E-state index contributed by atoms with van der Waals surface area (Å²) in [6, 6.07) is 14.0. The van der Waals surface area contributed by atoms with Crippen LogP contribution in [-0.4, -0.2) is 34.8 Å². The molecule has 0 saturated heterocycles. The number of benzene rings is 2. The van der Waals surface area contributed by atoms with Crippen LogP contribution in [0.4, 0.5) is 0 Å². The number of aromatic nitrogens is 1. The first-order valence-electron chi connectivity index (χ1n) is 12.9. The van der Waals surface area contributed by atoms with Crippen LogP contribution in [-0.2, 0) is 9.53 Å². The normalized spacial score (nSPS) is 14.7. The van der Waals surface area contributed by atoms with Crippen LogP contribution in [0.2, 0.25) is 5.02 Å². The number of rotatable bonds is 9. The Morgan fingerprint density at radius 1 is 1.19 bits per heavy atom. The third kappa shape index (κ3) is 5.59. The number of carboxylic acid groups (broad SMARTS) is 1. The third-order valence-corrected chi connectivity index (χ3v) is 7.77. The van der Waals surface area contributed by atoms with Crippen LogP contribution >= 0.6 is 22.9 Å². The van der Waals surface area contributed by atoms with E-state index in [1.807, 2.05) is 0 Å². The Kier molecular flexibility index (Phi) is 8.28. The molecule has 0 radical (unpaired) electrons. The molecule has 2 aromatic heterocycles. The number of carbonyl (C=O) groups excluding carboxylic acids is 1. The zero-order valence-electron chi connectivity index (χ0n) is 22.6. The molecule has 2 aromatic carbocycles. The molecule has 4 aromatic rings. The van der Waals surface area contributed by atoms with Gasteiger partial charge in [-0.15, -0.1) is 0 Å². The van der Waals surface area contributed by atoms with Gasteiger partial charge in [0.05, 0.1) is 39.0 Å². The SMILES string of the molecule is C=CCOc1ccc([C@H]2C(C(=O)OCC)=C(C)N=c3sc(=Cc4ccc(-c5cc(C(=O)O)ccc5Cl)o4)c(=O)n32)cc1. The summed E-state index contributed by atoms with van der Waals surface area (Å²) in [5.74, 6) is -0.326. The first kappa shape index (κ1) is 28.8. The summed E-state index contributed by atoms with van der Waals surface area (Å²) in [6.45, 7) is 7.59. The van der Waals surface area contributed by atoms with Crippen LogP contribution in [0.1, 0.15) is 41.6 Å². The third-order valence-electron chi connectivity index (χ3n) is 6.46. The largest absolute Gasteiger partial charge is 0.490 e. The van der Waals surface area contributed by atoms with E-state index in [-0.39, 0.29) is 23.3 Å². The number of ether oxygens (including phenoxy) is 2. The average Bonchev–Trinajstić information content (AvgIpc) is 3.55. The molecule has 3 heterocycles. The Balaban J connectivity index is 1.60. The fourth-order valence-electron chi connectivity index (χ4n) is 4.56. The van der Waals surface area contributed by atoms with Gasteiger partial charge in [0, 0.05) is 11.6 Å². The highest BCUT2D eigenvalue weighted by atomic mass is 35.5. The molecule has 214 valence electrons. The van der Waals surface area contributed by atoms with E-state index in [2.05, 4.69) is 11.6 Å². The first-order chi connectivity index (χ1) is 20.2. The minimum Gasteiger partial charge on any atom is -0.490 e. The van der Waals surface area contributed by atoms with Gasteiger partial charge in [-0.2, -0.15) is 0 Å². The van der Waals surface area contributed by atoms with Crippen molar-refractivity contribution < 1.29 is 28.6 Å². The van der Waals surface area contributed by atoms with Crippen molar-refractivity contribution in [1.82, 2.24) is 4.57 Å². The van der Waals surface area contributed by atoms with E-state index in [1.54, 1.807) is 62.4 Å².